The average molecular weight is 329 g/mol. The minimum absolute atomic E-state index is 0.0423. The average Bonchev–Trinajstić information content (AvgIpc) is 2.64. The Morgan fingerprint density at radius 2 is 2.18 bits per heavy atom. The first-order chi connectivity index (χ1) is 10.1. The predicted molar refractivity (Wildman–Crippen MR) is 76.8 cm³/mol. The van der Waals surface area contributed by atoms with Crippen LogP contribution in [0.3, 0.4) is 0 Å². The van der Waals surface area contributed by atoms with Crippen LogP contribution < -0.4 is 10.9 Å². The highest BCUT2D eigenvalue weighted by molar-refractivity contribution is 7.91. The van der Waals surface area contributed by atoms with Gasteiger partial charge in [0.2, 0.25) is 0 Å². The number of carbonyl (C=O) groups is 1. The first-order valence-corrected chi connectivity index (χ1v) is 8.15. The third-order valence-corrected chi connectivity index (χ3v) is 5.31. The molecule has 1 heterocycles. The molecule has 9 nitrogen and oxygen atoms in total. The van der Waals surface area contributed by atoms with E-state index >= 15 is 0 Å². The molecule has 2 atom stereocenters. The highest BCUT2D eigenvalue weighted by Crippen LogP contribution is 2.23. The van der Waals surface area contributed by atoms with E-state index in [1.54, 1.807) is 0 Å². The number of nitro groups is 1. The van der Waals surface area contributed by atoms with Gasteiger partial charge in [-0.05, 0) is 13.0 Å². The summed E-state index contributed by atoms with van der Waals surface area (Å²) in [6, 6.07) is 5.10. The van der Waals surface area contributed by atoms with E-state index in [-0.39, 0.29) is 22.8 Å². The van der Waals surface area contributed by atoms with Gasteiger partial charge in [-0.1, -0.05) is 6.07 Å². The molecule has 120 valence electrons. The fraction of sp³-hybridized carbons (Fsp3) is 0.417. The second-order valence-electron chi connectivity index (χ2n) is 5.37. The van der Waals surface area contributed by atoms with Crippen molar-refractivity contribution in [1.29, 1.82) is 0 Å². The van der Waals surface area contributed by atoms with E-state index in [9.17, 15) is 28.4 Å². The zero-order chi connectivity index (χ0) is 16.5. The summed E-state index contributed by atoms with van der Waals surface area (Å²) in [5, 5.41) is 20.5. The molecule has 22 heavy (non-hydrogen) atoms. The molecular weight excluding hydrogens is 314 g/mol. The standard InChI is InChI=1S/C12H15N3O6S/c1-12(7-22(20,21)6-10(12)16)14-13-11(17)8-3-2-4-9(5-8)15(18)19/h2-5,10,14,16H,6-7H2,1H3,(H,13,17)/t10-,12+/m1/s1. The number of amides is 1. The van der Waals surface area contributed by atoms with Crippen LogP contribution in [0.5, 0.6) is 0 Å². The van der Waals surface area contributed by atoms with Gasteiger partial charge >= 0.3 is 0 Å². The Hall–Kier alpha value is -2.04. The number of hydrazine groups is 1. The molecule has 1 aromatic carbocycles. The van der Waals surface area contributed by atoms with E-state index in [4.69, 9.17) is 0 Å². The molecule has 1 saturated heterocycles. The Labute approximate surface area is 126 Å². The van der Waals surface area contributed by atoms with Crippen molar-refractivity contribution in [2.45, 2.75) is 18.6 Å². The highest BCUT2D eigenvalue weighted by Gasteiger charge is 2.46. The molecule has 0 radical (unpaired) electrons. The van der Waals surface area contributed by atoms with E-state index in [1.807, 2.05) is 0 Å². The molecule has 1 aliphatic rings. The third-order valence-electron chi connectivity index (χ3n) is 3.45. The van der Waals surface area contributed by atoms with Crippen molar-refractivity contribution in [3.05, 3.63) is 39.9 Å². The molecule has 0 bridgehead atoms. The largest absolute Gasteiger partial charge is 0.390 e. The van der Waals surface area contributed by atoms with Gasteiger partial charge in [-0.25, -0.2) is 13.8 Å². The van der Waals surface area contributed by atoms with Gasteiger partial charge in [-0.15, -0.1) is 0 Å². The number of aliphatic hydroxyl groups is 1. The molecule has 3 N–H and O–H groups in total. The number of aliphatic hydroxyl groups excluding tert-OH is 1. The number of rotatable bonds is 4. The number of benzene rings is 1. The van der Waals surface area contributed by atoms with E-state index in [0.29, 0.717) is 0 Å². The summed E-state index contributed by atoms with van der Waals surface area (Å²) in [7, 11) is -3.39. The highest BCUT2D eigenvalue weighted by atomic mass is 32.2. The maximum Gasteiger partial charge on any atom is 0.270 e. The Bertz CT molecular complexity index is 719. The van der Waals surface area contributed by atoms with Gasteiger partial charge in [0.05, 0.1) is 28.1 Å². The third kappa shape index (κ3) is 3.40. The van der Waals surface area contributed by atoms with E-state index in [2.05, 4.69) is 10.9 Å². The van der Waals surface area contributed by atoms with Crippen LogP contribution in [0.15, 0.2) is 24.3 Å². The Kier molecular flexibility index (Phi) is 4.18. The van der Waals surface area contributed by atoms with E-state index in [0.717, 1.165) is 6.07 Å². The van der Waals surface area contributed by atoms with Gasteiger partial charge in [-0.2, -0.15) is 0 Å². The van der Waals surface area contributed by atoms with E-state index in [1.165, 1.54) is 25.1 Å². The topological polar surface area (TPSA) is 139 Å². The number of carbonyl (C=O) groups excluding carboxylic acids is 1. The number of non-ortho nitro benzene ring substituents is 1. The molecule has 0 spiro atoms. The fourth-order valence-corrected chi connectivity index (χ4v) is 4.33. The maximum atomic E-state index is 12.0. The fourth-order valence-electron chi connectivity index (χ4n) is 2.19. The second-order valence-corrected chi connectivity index (χ2v) is 7.48. The van der Waals surface area contributed by atoms with Crippen molar-refractivity contribution >= 4 is 21.4 Å². The van der Waals surface area contributed by atoms with Gasteiger partial charge < -0.3 is 5.11 Å². The summed E-state index contributed by atoms with van der Waals surface area (Å²) in [6.07, 6.45) is -1.16. The summed E-state index contributed by atoms with van der Waals surface area (Å²) in [4.78, 5) is 22.0. The van der Waals surface area contributed by atoms with Crippen molar-refractivity contribution in [3.63, 3.8) is 0 Å². The monoisotopic (exact) mass is 329 g/mol. The molecular formula is C12H15N3O6S. The number of sulfone groups is 1. The lowest BCUT2D eigenvalue weighted by Gasteiger charge is -2.27. The Balaban J connectivity index is 2.07. The summed E-state index contributed by atoms with van der Waals surface area (Å²) >= 11 is 0. The minimum atomic E-state index is -3.39. The lowest BCUT2D eigenvalue weighted by atomic mass is 10.0. The van der Waals surface area contributed by atoms with Crippen LogP contribution in [0, 0.1) is 10.1 Å². The zero-order valence-electron chi connectivity index (χ0n) is 11.6. The molecule has 1 fully saturated rings. The van der Waals surface area contributed by atoms with Crippen LogP contribution in [0.1, 0.15) is 17.3 Å². The minimum Gasteiger partial charge on any atom is -0.390 e. The Morgan fingerprint density at radius 3 is 2.73 bits per heavy atom. The Morgan fingerprint density at radius 1 is 1.50 bits per heavy atom. The molecule has 2 rings (SSSR count). The maximum absolute atomic E-state index is 12.0. The predicted octanol–water partition coefficient (Wildman–Crippen LogP) is -0.623. The number of nitrogens with one attached hydrogen (secondary N) is 2. The molecule has 0 unspecified atom stereocenters. The number of nitro benzene ring substituents is 1. The summed E-state index contributed by atoms with van der Waals surface area (Å²) in [6.45, 7) is 1.47. The molecule has 1 aliphatic heterocycles. The van der Waals surface area contributed by atoms with Crippen LogP contribution in [-0.4, -0.2) is 47.5 Å². The van der Waals surface area contributed by atoms with Gasteiger partial charge in [0.15, 0.2) is 9.84 Å². The lowest BCUT2D eigenvalue weighted by molar-refractivity contribution is -0.384. The van der Waals surface area contributed by atoms with Crippen molar-refractivity contribution in [2.75, 3.05) is 11.5 Å². The van der Waals surface area contributed by atoms with Crippen LogP contribution in [0.2, 0.25) is 0 Å². The molecule has 1 aromatic rings. The lowest BCUT2D eigenvalue weighted by Crippen LogP contribution is -2.58. The quantitative estimate of drug-likeness (QED) is 0.494. The molecule has 10 heteroatoms. The van der Waals surface area contributed by atoms with Crippen LogP contribution in [-0.2, 0) is 9.84 Å². The van der Waals surface area contributed by atoms with Gasteiger partial charge in [0.1, 0.15) is 0 Å². The first kappa shape index (κ1) is 16.3. The number of nitrogens with zero attached hydrogens (tertiary/aromatic N) is 1. The van der Waals surface area contributed by atoms with Crippen molar-refractivity contribution in [2.24, 2.45) is 0 Å². The SMILES string of the molecule is C[C@]1(NNC(=O)c2cccc([N+](=O)[O-])c2)CS(=O)(=O)C[C@H]1O. The van der Waals surface area contributed by atoms with Crippen LogP contribution in [0.25, 0.3) is 0 Å². The normalized spacial score (nSPS) is 26.5. The van der Waals surface area contributed by atoms with Crippen LogP contribution >= 0.6 is 0 Å². The van der Waals surface area contributed by atoms with Crippen LogP contribution in [0.4, 0.5) is 5.69 Å². The molecule has 0 aliphatic carbocycles. The molecule has 0 aromatic heterocycles. The summed E-state index contributed by atoms with van der Waals surface area (Å²) < 4.78 is 23.0. The smallest absolute Gasteiger partial charge is 0.270 e. The van der Waals surface area contributed by atoms with Gasteiger partial charge in [0, 0.05) is 17.7 Å². The molecule has 0 saturated carbocycles. The summed E-state index contributed by atoms with van der Waals surface area (Å²) in [5.74, 6) is -1.37. The van der Waals surface area contributed by atoms with Crippen molar-refractivity contribution in [3.8, 4) is 0 Å². The van der Waals surface area contributed by atoms with Gasteiger partial charge in [-0.3, -0.25) is 20.3 Å². The first-order valence-electron chi connectivity index (χ1n) is 6.33. The molecule has 1 amide bonds. The number of hydrogen-bond acceptors (Lipinski definition) is 7. The van der Waals surface area contributed by atoms with Crippen molar-refractivity contribution < 1.29 is 23.2 Å². The van der Waals surface area contributed by atoms with Crippen molar-refractivity contribution in [1.82, 2.24) is 10.9 Å². The second kappa shape index (κ2) is 5.63. The summed E-state index contributed by atoms with van der Waals surface area (Å²) in [5.41, 5.74) is 3.39. The van der Waals surface area contributed by atoms with E-state index < -0.39 is 32.3 Å². The zero-order valence-corrected chi connectivity index (χ0v) is 12.5. The van der Waals surface area contributed by atoms with Gasteiger partial charge in [0.25, 0.3) is 11.6 Å². The number of hydrogen-bond donors (Lipinski definition) is 3.